The number of halogens is 1. The molecular formula is C27H39FN6. The number of hydrogen-bond donors (Lipinski definition) is 5. The summed E-state index contributed by atoms with van der Waals surface area (Å²) in [5.41, 5.74) is 19.4. The van der Waals surface area contributed by atoms with Gasteiger partial charge >= 0.3 is 0 Å². The standard InChI is InChI=1S/C27H39FN6/c1-4-25(30)23-13-12-21(16-24(23)28)27(20-9-6-5-7-10-20)32-19(3)26-11-8-14-34(26)18(2)15-22(17-29)33-31/h6,9-10,12-13,16-17,25-27,32-33H,2-5,7-8,11,14-15,29-31H2,1H3/b22-17-. The predicted octanol–water partition coefficient (Wildman–Crippen LogP) is 4.29. The Morgan fingerprint density at radius 3 is 2.74 bits per heavy atom. The normalized spacial score (nSPS) is 20.0. The highest BCUT2D eigenvalue weighted by molar-refractivity contribution is 5.39. The number of hydrogen-bond acceptors (Lipinski definition) is 6. The quantitative estimate of drug-likeness (QED) is 0.246. The van der Waals surface area contributed by atoms with Crippen LogP contribution in [0.2, 0.25) is 0 Å². The lowest BCUT2D eigenvalue weighted by molar-refractivity contribution is 0.333. The molecular weight excluding hydrogens is 427 g/mol. The lowest BCUT2D eigenvalue weighted by Gasteiger charge is -2.33. The van der Waals surface area contributed by atoms with Gasteiger partial charge in [-0.3, -0.25) is 5.84 Å². The molecule has 8 N–H and O–H groups in total. The van der Waals surface area contributed by atoms with Crippen LogP contribution in [0.25, 0.3) is 0 Å². The monoisotopic (exact) mass is 466 g/mol. The summed E-state index contributed by atoms with van der Waals surface area (Å²) in [6.07, 6.45) is 13.2. The first-order valence-electron chi connectivity index (χ1n) is 12.1. The van der Waals surface area contributed by atoms with Gasteiger partial charge in [0.05, 0.1) is 12.1 Å². The number of likely N-dealkylation sites (tertiary alicyclic amines) is 1. The van der Waals surface area contributed by atoms with Crippen LogP contribution in [0, 0.1) is 5.82 Å². The molecule has 0 spiro atoms. The van der Waals surface area contributed by atoms with Gasteiger partial charge in [0.25, 0.3) is 0 Å². The van der Waals surface area contributed by atoms with E-state index < -0.39 is 0 Å². The van der Waals surface area contributed by atoms with Gasteiger partial charge in [-0.15, -0.1) is 0 Å². The molecule has 3 rings (SSSR count). The topological polar surface area (TPSA) is 105 Å². The first-order chi connectivity index (χ1) is 16.4. The van der Waals surface area contributed by atoms with Crippen LogP contribution in [0.1, 0.15) is 68.7 Å². The molecule has 34 heavy (non-hydrogen) atoms. The summed E-state index contributed by atoms with van der Waals surface area (Å²) in [5.74, 6) is 5.28. The lowest BCUT2D eigenvalue weighted by atomic mass is 9.92. The van der Waals surface area contributed by atoms with Crippen LogP contribution in [0.3, 0.4) is 0 Å². The molecule has 184 valence electrons. The number of rotatable bonds is 11. The summed E-state index contributed by atoms with van der Waals surface area (Å²) >= 11 is 0. The third-order valence-corrected chi connectivity index (χ3v) is 6.73. The Bertz CT molecular complexity index is 979. The Morgan fingerprint density at radius 2 is 2.12 bits per heavy atom. The fourth-order valence-corrected chi connectivity index (χ4v) is 4.72. The van der Waals surface area contributed by atoms with Crippen molar-refractivity contribution in [3.8, 4) is 0 Å². The van der Waals surface area contributed by atoms with E-state index in [4.69, 9.17) is 17.3 Å². The van der Waals surface area contributed by atoms with Crippen molar-refractivity contribution in [2.75, 3.05) is 6.54 Å². The van der Waals surface area contributed by atoms with Crippen LogP contribution in [-0.4, -0.2) is 17.5 Å². The maximum Gasteiger partial charge on any atom is 0.128 e. The maximum absolute atomic E-state index is 15.0. The fourth-order valence-electron chi connectivity index (χ4n) is 4.72. The van der Waals surface area contributed by atoms with Crippen molar-refractivity contribution in [2.45, 2.75) is 63.6 Å². The minimum absolute atomic E-state index is 0.0811. The van der Waals surface area contributed by atoms with E-state index in [0.29, 0.717) is 24.1 Å². The second-order valence-corrected chi connectivity index (χ2v) is 9.01. The highest BCUT2D eigenvalue weighted by atomic mass is 19.1. The van der Waals surface area contributed by atoms with Gasteiger partial charge in [-0.25, -0.2) is 4.39 Å². The lowest BCUT2D eigenvalue weighted by Crippen LogP contribution is -2.37. The predicted molar refractivity (Wildman–Crippen MR) is 138 cm³/mol. The van der Waals surface area contributed by atoms with Crippen molar-refractivity contribution in [3.05, 3.63) is 95.4 Å². The first-order valence-corrected chi connectivity index (χ1v) is 12.1. The Hall–Kier alpha value is -3.03. The van der Waals surface area contributed by atoms with Gasteiger partial charge in [0, 0.05) is 47.9 Å². The van der Waals surface area contributed by atoms with Gasteiger partial charge < -0.3 is 27.1 Å². The van der Waals surface area contributed by atoms with Gasteiger partial charge in [-0.1, -0.05) is 50.4 Å². The summed E-state index contributed by atoms with van der Waals surface area (Å²) < 4.78 is 15.0. The molecule has 1 heterocycles. The first kappa shape index (κ1) is 25.6. The van der Waals surface area contributed by atoms with Gasteiger partial charge in [0.15, 0.2) is 0 Å². The highest BCUT2D eigenvalue weighted by Gasteiger charge is 2.30. The van der Waals surface area contributed by atoms with E-state index in [2.05, 4.69) is 47.0 Å². The number of hydrazine groups is 1. The third-order valence-electron chi connectivity index (χ3n) is 6.73. The summed E-state index contributed by atoms with van der Waals surface area (Å²) in [7, 11) is 0. The van der Waals surface area contributed by atoms with E-state index in [9.17, 15) is 4.39 Å². The molecule has 2 aliphatic rings. The molecule has 0 aromatic heterocycles. The molecule has 1 saturated heterocycles. The minimum atomic E-state index is -0.308. The molecule has 1 aromatic carbocycles. The van der Waals surface area contributed by atoms with Crippen LogP contribution < -0.4 is 28.1 Å². The van der Waals surface area contributed by atoms with Gasteiger partial charge in [-0.05, 0) is 49.3 Å². The molecule has 7 heteroatoms. The van der Waals surface area contributed by atoms with Crippen LogP contribution in [-0.2, 0) is 0 Å². The van der Waals surface area contributed by atoms with E-state index in [1.165, 1.54) is 6.20 Å². The zero-order valence-electron chi connectivity index (χ0n) is 20.2. The zero-order chi connectivity index (χ0) is 24.7. The molecule has 1 aliphatic carbocycles. The van der Waals surface area contributed by atoms with Crippen LogP contribution in [0.4, 0.5) is 4.39 Å². The fraction of sp³-hybridized carbons (Fsp3) is 0.407. The summed E-state index contributed by atoms with van der Waals surface area (Å²) in [6.45, 7) is 11.5. The number of nitrogens with zero attached hydrogens (tertiary/aromatic N) is 1. The van der Waals surface area contributed by atoms with Crippen molar-refractivity contribution < 1.29 is 4.39 Å². The van der Waals surface area contributed by atoms with Crippen molar-refractivity contribution in [1.29, 1.82) is 0 Å². The SMILES string of the molecule is C=C(NC(C1=CCCC=C1)c1ccc(C(N)CC)c(F)c1)C1CCCN1C(=C)C/C(=C/N)NN. The average molecular weight is 467 g/mol. The number of nitrogens with two attached hydrogens (primary N) is 3. The molecule has 3 unspecified atom stereocenters. The van der Waals surface area contributed by atoms with E-state index in [-0.39, 0.29) is 23.9 Å². The Balaban J connectivity index is 1.83. The Kier molecular flexibility index (Phi) is 8.96. The van der Waals surface area contributed by atoms with E-state index in [0.717, 1.165) is 54.8 Å². The molecule has 0 radical (unpaired) electrons. The maximum atomic E-state index is 15.0. The third kappa shape index (κ3) is 5.90. The van der Waals surface area contributed by atoms with Crippen molar-refractivity contribution in [2.24, 2.45) is 17.3 Å². The second-order valence-electron chi connectivity index (χ2n) is 9.01. The molecule has 3 atom stereocenters. The Morgan fingerprint density at radius 1 is 1.32 bits per heavy atom. The van der Waals surface area contributed by atoms with Crippen LogP contribution >= 0.6 is 0 Å². The highest BCUT2D eigenvalue weighted by Crippen LogP contribution is 2.33. The zero-order valence-corrected chi connectivity index (χ0v) is 20.2. The molecule has 1 aliphatic heterocycles. The minimum Gasteiger partial charge on any atom is -0.403 e. The smallest absolute Gasteiger partial charge is 0.128 e. The molecule has 0 amide bonds. The molecule has 1 aromatic rings. The Labute approximate surface area is 203 Å². The van der Waals surface area contributed by atoms with Crippen molar-refractivity contribution in [3.63, 3.8) is 0 Å². The number of nitrogens with one attached hydrogen (secondary N) is 2. The molecule has 0 saturated carbocycles. The largest absolute Gasteiger partial charge is 0.403 e. The molecule has 0 bridgehead atoms. The summed E-state index contributed by atoms with van der Waals surface area (Å²) in [5, 5.41) is 3.63. The van der Waals surface area contributed by atoms with E-state index in [1.807, 2.05) is 19.1 Å². The summed E-state index contributed by atoms with van der Waals surface area (Å²) in [4.78, 5) is 2.25. The number of allylic oxidation sites excluding steroid dienone is 2. The van der Waals surface area contributed by atoms with Gasteiger partial charge in [0.1, 0.15) is 5.82 Å². The van der Waals surface area contributed by atoms with Gasteiger partial charge in [0.2, 0.25) is 0 Å². The second kappa shape index (κ2) is 11.9. The number of benzene rings is 1. The molecule has 6 nitrogen and oxygen atoms in total. The van der Waals surface area contributed by atoms with Crippen LogP contribution in [0.5, 0.6) is 0 Å². The van der Waals surface area contributed by atoms with E-state index >= 15 is 0 Å². The van der Waals surface area contributed by atoms with Crippen molar-refractivity contribution in [1.82, 2.24) is 15.6 Å². The average Bonchev–Trinajstić information content (AvgIpc) is 3.36. The van der Waals surface area contributed by atoms with Crippen molar-refractivity contribution >= 4 is 0 Å². The van der Waals surface area contributed by atoms with Gasteiger partial charge in [-0.2, -0.15) is 0 Å². The molecule has 1 fully saturated rings. The van der Waals surface area contributed by atoms with Crippen LogP contribution in [0.15, 0.2) is 78.4 Å². The van der Waals surface area contributed by atoms with E-state index in [1.54, 1.807) is 6.07 Å². The summed E-state index contributed by atoms with van der Waals surface area (Å²) in [6, 6.07) is 4.96.